The Kier molecular flexibility index (Phi) is 7.92. The SMILES string of the molecule is CCCCCC(C)NC(=O)CSc1nc(C)cc(-c2ccccc2)n1. The molecule has 0 saturated heterocycles. The maximum atomic E-state index is 12.1. The molecule has 0 fully saturated rings. The number of aryl methyl sites for hydroxylation is 1. The van der Waals surface area contributed by atoms with Crippen molar-refractivity contribution in [1.29, 1.82) is 0 Å². The molecule has 2 aromatic rings. The average Bonchev–Trinajstić information content (AvgIpc) is 2.60. The fourth-order valence-corrected chi connectivity index (χ4v) is 3.30. The summed E-state index contributed by atoms with van der Waals surface area (Å²) in [5.74, 6) is 0.385. The molecule has 0 spiro atoms. The number of benzene rings is 1. The number of rotatable bonds is 9. The third kappa shape index (κ3) is 6.86. The van der Waals surface area contributed by atoms with Gasteiger partial charge in [0.05, 0.1) is 11.4 Å². The molecule has 1 aromatic heterocycles. The van der Waals surface area contributed by atoms with Gasteiger partial charge in [-0.1, -0.05) is 68.3 Å². The summed E-state index contributed by atoms with van der Waals surface area (Å²) in [5, 5.41) is 3.70. The van der Waals surface area contributed by atoms with Gasteiger partial charge >= 0.3 is 0 Å². The van der Waals surface area contributed by atoms with Crippen LogP contribution in [0.2, 0.25) is 0 Å². The van der Waals surface area contributed by atoms with Crippen LogP contribution in [0.25, 0.3) is 11.3 Å². The second kappa shape index (κ2) is 10.2. The molecule has 0 bridgehead atoms. The fraction of sp³-hybridized carbons (Fsp3) is 0.450. The molecule has 1 unspecified atom stereocenters. The van der Waals surface area contributed by atoms with Crippen LogP contribution in [-0.4, -0.2) is 27.7 Å². The summed E-state index contributed by atoms with van der Waals surface area (Å²) in [6.07, 6.45) is 4.61. The van der Waals surface area contributed by atoms with Gasteiger partial charge in [0.2, 0.25) is 5.91 Å². The highest BCUT2D eigenvalue weighted by Gasteiger charge is 2.10. The zero-order valence-corrected chi connectivity index (χ0v) is 16.1. The van der Waals surface area contributed by atoms with Crippen LogP contribution in [0.3, 0.4) is 0 Å². The van der Waals surface area contributed by atoms with E-state index in [2.05, 4.69) is 29.1 Å². The Morgan fingerprint density at radius 1 is 1.20 bits per heavy atom. The Bertz CT molecular complexity index is 676. The average molecular weight is 358 g/mol. The summed E-state index contributed by atoms with van der Waals surface area (Å²) >= 11 is 1.39. The van der Waals surface area contributed by atoms with E-state index in [0.717, 1.165) is 29.8 Å². The lowest BCUT2D eigenvalue weighted by Crippen LogP contribution is -2.33. The summed E-state index contributed by atoms with van der Waals surface area (Å²) in [6, 6.07) is 12.2. The molecule has 0 radical (unpaired) electrons. The predicted octanol–water partition coefficient (Wildman–Crippen LogP) is 4.63. The Morgan fingerprint density at radius 2 is 1.96 bits per heavy atom. The summed E-state index contributed by atoms with van der Waals surface area (Å²) in [6.45, 7) is 6.20. The van der Waals surface area contributed by atoms with Crippen LogP contribution in [-0.2, 0) is 4.79 Å². The zero-order valence-electron chi connectivity index (χ0n) is 15.3. The highest BCUT2D eigenvalue weighted by molar-refractivity contribution is 7.99. The normalized spacial score (nSPS) is 12.0. The molecule has 1 heterocycles. The van der Waals surface area contributed by atoms with Crippen molar-refractivity contribution in [3.05, 3.63) is 42.1 Å². The molecule has 0 aliphatic rings. The van der Waals surface area contributed by atoms with Gasteiger partial charge in [-0.25, -0.2) is 9.97 Å². The minimum absolute atomic E-state index is 0.0420. The highest BCUT2D eigenvalue weighted by Crippen LogP contribution is 2.21. The van der Waals surface area contributed by atoms with Crippen LogP contribution in [0, 0.1) is 6.92 Å². The predicted molar refractivity (Wildman–Crippen MR) is 105 cm³/mol. The number of nitrogens with one attached hydrogen (secondary N) is 1. The smallest absolute Gasteiger partial charge is 0.230 e. The zero-order chi connectivity index (χ0) is 18.1. The van der Waals surface area contributed by atoms with Gasteiger partial charge in [-0.2, -0.15) is 0 Å². The Hall–Kier alpha value is -1.88. The minimum Gasteiger partial charge on any atom is -0.353 e. The van der Waals surface area contributed by atoms with Crippen LogP contribution < -0.4 is 5.32 Å². The van der Waals surface area contributed by atoms with Gasteiger partial charge in [-0.15, -0.1) is 0 Å². The Labute approximate surface area is 154 Å². The molecule has 4 nitrogen and oxygen atoms in total. The van der Waals surface area contributed by atoms with E-state index in [-0.39, 0.29) is 11.9 Å². The van der Waals surface area contributed by atoms with E-state index < -0.39 is 0 Å². The van der Waals surface area contributed by atoms with Gasteiger partial charge in [0.1, 0.15) is 0 Å². The quantitative estimate of drug-likeness (QED) is 0.404. The van der Waals surface area contributed by atoms with E-state index in [0.29, 0.717) is 10.9 Å². The molecule has 0 saturated carbocycles. The van der Waals surface area contributed by atoms with Crippen molar-refractivity contribution in [1.82, 2.24) is 15.3 Å². The number of nitrogens with zero attached hydrogens (tertiary/aromatic N) is 2. The van der Waals surface area contributed by atoms with Crippen molar-refractivity contribution >= 4 is 17.7 Å². The van der Waals surface area contributed by atoms with E-state index in [4.69, 9.17) is 0 Å². The van der Waals surface area contributed by atoms with Gasteiger partial charge in [0.15, 0.2) is 5.16 Å². The summed E-state index contributed by atoms with van der Waals surface area (Å²) in [7, 11) is 0. The van der Waals surface area contributed by atoms with E-state index in [9.17, 15) is 4.79 Å². The van der Waals surface area contributed by atoms with Crippen LogP contribution in [0.1, 0.15) is 45.2 Å². The first kappa shape index (κ1) is 19.4. The molecule has 134 valence electrons. The van der Waals surface area contributed by atoms with Crippen molar-refractivity contribution < 1.29 is 4.79 Å². The number of carbonyl (C=O) groups is 1. The molecule has 1 N–H and O–H groups in total. The molecule has 25 heavy (non-hydrogen) atoms. The topological polar surface area (TPSA) is 54.9 Å². The Balaban J connectivity index is 1.90. The van der Waals surface area contributed by atoms with Crippen LogP contribution in [0.4, 0.5) is 0 Å². The maximum absolute atomic E-state index is 12.1. The molecular weight excluding hydrogens is 330 g/mol. The van der Waals surface area contributed by atoms with E-state index >= 15 is 0 Å². The molecule has 0 aliphatic carbocycles. The van der Waals surface area contributed by atoms with Crippen LogP contribution >= 0.6 is 11.8 Å². The third-order valence-corrected chi connectivity index (χ3v) is 4.73. The van der Waals surface area contributed by atoms with E-state index in [1.165, 1.54) is 24.6 Å². The summed E-state index contributed by atoms with van der Waals surface area (Å²) in [5.41, 5.74) is 2.86. The second-order valence-corrected chi connectivity index (χ2v) is 7.24. The molecule has 1 amide bonds. The summed E-state index contributed by atoms with van der Waals surface area (Å²) < 4.78 is 0. The van der Waals surface area contributed by atoms with Gasteiger partial charge in [0.25, 0.3) is 0 Å². The van der Waals surface area contributed by atoms with E-state index in [1.807, 2.05) is 43.3 Å². The van der Waals surface area contributed by atoms with Crippen molar-refractivity contribution in [3.63, 3.8) is 0 Å². The number of hydrogen-bond acceptors (Lipinski definition) is 4. The monoisotopic (exact) mass is 357 g/mol. The number of carbonyl (C=O) groups excluding carboxylic acids is 1. The third-order valence-electron chi connectivity index (χ3n) is 3.88. The largest absolute Gasteiger partial charge is 0.353 e. The number of thioether (sulfide) groups is 1. The lowest BCUT2D eigenvalue weighted by molar-refractivity contribution is -0.119. The van der Waals surface area contributed by atoms with Crippen molar-refractivity contribution in [3.8, 4) is 11.3 Å². The van der Waals surface area contributed by atoms with Gasteiger partial charge < -0.3 is 5.32 Å². The molecular formula is C20H27N3OS. The summed E-state index contributed by atoms with van der Waals surface area (Å²) in [4.78, 5) is 21.1. The lowest BCUT2D eigenvalue weighted by atomic mass is 10.1. The standard InChI is InChI=1S/C20H27N3OS/c1-4-5-7-10-15(2)21-19(24)14-25-20-22-16(3)13-18(23-20)17-11-8-6-9-12-17/h6,8-9,11-13,15H,4-5,7,10,14H2,1-3H3,(H,21,24). The minimum atomic E-state index is 0.0420. The van der Waals surface area contributed by atoms with Crippen LogP contribution in [0.5, 0.6) is 0 Å². The molecule has 2 rings (SSSR count). The van der Waals surface area contributed by atoms with Gasteiger partial charge in [-0.05, 0) is 26.3 Å². The second-order valence-electron chi connectivity index (χ2n) is 6.30. The first-order valence-electron chi connectivity index (χ1n) is 8.91. The molecule has 1 aromatic carbocycles. The van der Waals surface area contributed by atoms with Crippen molar-refractivity contribution in [2.75, 3.05) is 5.75 Å². The Morgan fingerprint density at radius 3 is 2.68 bits per heavy atom. The number of unbranched alkanes of at least 4 members (excludes halogenated alkanes) is 2. The number of aromatic nitrogens is 2. The van der Waals surface area contributed by atoms with E-state index in [1.54, 1.807) is 0 Å². The highest BCUT2D eigenvalue weighted by atomic mass is 32.2. The maximum Gasteiger partial charge on any atom is 0.230 e. The first-order valence-corrected chi connectivity index (χ1v) is 9.90. The number of hydrogen-bond donors (Lipinski definition) is 1. The molecule has 5 heteroatoms. The van der Waals surface area contributed by atoms with Crippen molar-refractivity contribution in [2.24, 2.45) is 0 Å². The molecule has 0 aliphatic heterocycles. The van der Waals surface area contributed by atoms with Gasteiger partial charge in [-0.3, -0.25) is 4.79 Å². The first-order chi connectivity index (χ1) is 12.1. The lowest BCUT2D eigenvalue weighted by Gasteiger charge is -2.13. The fourth-order valence-electron chi connectivity index (χ4n) is 2.58. The van der Waals surface area contributed by atoms with Crippen LogP contribution in [0.15, 0.2) is 41.6 Å². The van der Waals surface area contributed by atoms with Gasteiger partial charge in [0, 0.05) is 17.3 Å². The van der Waals surface area contributed by atoms with Crippen molar-refractivity contribution in [2.45, 2.75) is 57.7 Å². The molecule has 1 atom stereocenters. The number of amides is 1.